The van der Waals surface area contributed by atoms with Crippen LogP contribution in [0.25, 0.3) is 11.1 Å². The van der Waals surface area contributed by atoms with Crippen LogP contribution in [-0.2, 0) is 0 Å². The number of nitrogens with two attached hydrogens (primary N) is 1. The normalized spacial score (nSPS) is 10.4. The van der Waals surface area contributed by atoms with Crippen LogP contribution in [-0.4, -0.2) is 0 Å². The van der Waals surface area contributed by atoms with Gasteiger partial charge < -0.3 is 5.73 Å². The lowest BCUT2D eigenvalue weighted by Gasteiger charge is -2.07. The molecule has 0 aliphatic rings. The van der Waals surface area contributed by atoms with Crippen molar-refractivity contribution in [3.8, 4) is 11.1 Å². The Bertz CT molecular complexity index is 515. The highest BCUT2D eigenvalue weighted by Crippen LogP contribution is 2.26. The Morgan fingerprint density at radius 1 is 0.938 bits per heavy atom. The van der Waals surface area contributed by atoms with E-state index >= 15 is 0 Å². The van der Waals surface area contributed by atoms with Crippen LogP contribution >= 0.6 is 0 Å². The molecule has 2 rings (SSSR count). The van der Waals surface area contributed by atoms with Crippen molar-refractivity contribution in [2.75, 3.05) is 5.73 Å². The molecule has 16 heavy (non-hydrogen) atoms. The SMILES string of the molecule is Cc1cc(N)ccc1-c1cc(F)cc(F)c1. The molecule has 0 spiro atoms. The summed E-state index contributed by atoms with van der Waals surface area (Å²) in [6.45, 7) is 1.86. The van der Waals surface area contributed by atoms with Crippen LogP contribution in [0.1, 0.15) is 5.56 Å². The van der Waals surface area contributed by atoms with Gasteiger partial charge in [-0.1, -0.05) is 6.07 Å². The molecule has 2 N–H and O–H groups in total. The minimum atomic E-state index is -0.578. The first-order valence-electron chi connectivity index (χ1n) is 4.89. The minimum absolute atomic E-state index is 0.523. The number of aryl methyl sites for hydroxylation is 1. The van der Waals surface area contributed by atoms with Crippen LogP contribution in [0.3, 0.4) is 0 Å². The van der Waals surface area contributed by atoms with Gasteiger partial charge in [-0.3, -0.25) is 0 Å². The maximum Gasteiger partial charge on any atom is 0.126 e. The fourth-order valence-electron chi connectivity index (χ4n) is 1.72. The zero-order valence-corrected chi connectivity index (χ0v) is 8.80. The van der Waals surface area contributed by atoms with Crippen LogP contribution in [0.2, 0.25) is 0 Å². The van der Waals surface area contributed by atoms with E-state index in [1.807, 2.05) is 6.92 Å². The third-order valence-corrected chi connectivity index (χ3v) is 2.42. The van der Waals surface area contributed by atoms with Crippen LogP contribution in [0.4, 0.5) is 14.5 Å². The van der Waals surface area contributed by atoms with Crippen molar-refractivity contribution in [1.82, 2.24) is 0 Å². The number of hydrogen-bond donors (Lipinski definition) is 1. The Hall–Kier alpha value is -1.90. The van der Waals surface area contributed by atoms with Crippen LogP contribution in [0.5, 0.6) is 0 Å². The van der Waals surface area contributed by atoms with E-state index in [-0.39, 0.29) is 0 Å². The maximum atomic E-state index is 13.1. The van der Waals surface area contributed by atoms with E-state index in [9.17, 15) is 8.78 Å². The molecule has 0 amide bonds. The first-order chi connectivity index (χ1) is 7.56. The van der Waals surface area contributed by atoms with E-state index < -0.39 is 11.6 Å². The zero-order chi connectivity index (χ0) is 11.7. The van der Waals surface area contributed by atoms with Crippen molar-refractivity contribution >= 4 is 5.69 Å². The van der Waals surface area contributed by atoms with Gasteiger partial charge >= 0.3 is 0 Å². The molecule has 2 aromatic carbocycles. The summed E-state index contributed by atoms with van der Waals surface area (Å²) in [6.07, 6.45) is 0. The molecule has 0 bridgehead atoms. The van der Waals surface area contributed by atoms with Crippen LogP contribution in [0, 0.1) is 18.6 Å². The summed E-state index contributed by atoms with van der Waals surface area (Å²) in [5.41, 5.74) is 8.46. The number of hydrogen-bond acceptors (Lipinski definition) is 1. The number of anilines is 1. The average Bonchev–Trinajstić information content (AvgIpc) is 2.15. The van der Waals surface area contributed by atoms with Gasteiger partial charge in [-0.25, -0.2) is 8.78 Å². The predicted octanol–water partition coefficient (Wildman–Crippen LogP) is 3.52. The molecule has 0 atom stereocenters. The van der Waals surface area contributed by atoms with Gasteiger partial charge in [0.25, 0.3) is 0 Å². The first kappa shape index (κ1) is 10.6. The number of rotatable bonds is 1. The molecular weight excluding hydrogens is 208 g/mol. The van der Waals surface area contributed by atoms with Gasteiger partial charge in [-0.2, -0.15) is 0 Å². The van der Waals surface area contributed by atoms with E-state index in [0.717, 1.165) is 17.2 Å². The number of halogens is 2. The van der Waals surface area contributed by atoms with E-state index in [1.165, 1.54) is 12.1 Å². The van der Waals surface area contributed by atoms with Gasteiger partial charge in [0.15, 0.2) is 0 Å². The second kappa shape index (κ2) is 3.93. The summed E-state index contributed by atoms with van der Waals surface area (Å²) in [7, 11) is 0. The average molecular weight is 219 g/mol. The summed E-state index contributed by atoms with van der Waals surface area (Å²) in [5.74, 6) is -1.16. The number of nitrogen functional groups attached to an aromatic ring is 1. The molecule has 3 heteroatoms. The highest BCUT2D eigenvalue weighted by atomic mass is 19.1. The van der Waals surface area contributed by atoms with E-state index in [4.69, 9.17) is 5.73 Å². The van der Waals surface area contributed by atoms with Gasteiger partial charge in [0.2, 0.25) is 0 Å². The molecular formula is C13H11F2N. The lowest BCUT2D eigenvalue weighted by atomic mass is 10.00. The topological polar surface area (TPSA) is 26.0 Å². The monoisotopic (exact) mass is 219 g/mol. The molecule has 1 nitrogen and oxygen atoms in total. The molecule has 0 aliphatic carbocycles. The Balaban J connectivity index is 2.58. The molecule has 82 valence electrons. The van der Waals surface area contributed by atoms with Crippen molar-refractivity contribution in [2.45, 2.75) is 6.92 Å². The minimum Gasteiger partial charge on any atom is -0.399 e. The lowest BCUT2D eigenvalue weighted by Crippen LogP contribution is -1.90. The molecule has 0 saturated heterocycles. The molecule has 0 aliphatic heterocycles. The van der Waals surface area contributed by atoms with Crippen LogP contribution in [0.15, 0.2) is 36.4 Å². The summed E-state index contributed by atoms with van der Waals surface area (Å²) in [4.78, 5) is 0. The fraction of sp³-hybridized carbons (Fsp3) is 0.0769. The van der Waals surface area contributed by atoms with Crippen LogP contribution < -0.4 is 5.73 Å². The third kappa shape index (κ3) is 2.03. The summed E-state index contributed by atoms with van der Waals surface area (Å²) >= 11 is 0. The molecule has 0 fully saturated rings. The van der Waals surface area contributed by atoms with E-state index in [2.05, 4.69) is 0 Å². The fourth-order valence-corrected chi connectivity index (χ4v) is 1.72. The van der Waals surface area contributed by atoms with E-state index in [1.54, 1.807) is 18.2 Å². The van der Waals surface area contributed by atoms with Crippen molar-refractivity contribution < 1.29 is 8.78 Å². The van der Waals surface area contributed by atoms with Gasteiger partial charge in [0, 0.05) is 11.8 Å². The predicted molar refractivity (Wildman–Crippen MR) is 60.9 cm³/mol. The van der Waals surface area contributed by atoms with Gasteiger partial charge in [-0.05, 0) is 47.9 Å². The van der Waals surface area contributed by atoms with Crippen molar-refractivity contribution in [2.24, 2.45) is 0 Å². The molecule has 0 radical (unpaired) electrons. The summed E-state index contributed by atoms with van der Waals surface area (Å²) in [5, 5.41) is 0. The highest BCUT2D eigenvalue weighted by Gasteiger charge is 2.05. The van der Waals surface area contributed by atoms with Gasteiger partial charge in [0.05, 0.1) is 0 Å². The second-order valence-electron chi connectivity index (χ2n) is 3.73. The standard InChI is InChI=1S/C13H11F2N/c1-8-4-12(16)2-3-13(8)9-5-10(14)7-11(15)6-9/h2-7H,16H2,1H3. The Morgan fingerprint density at radius 2 is 1.56 bits per heavy atom. The molecule has 0 heterocycles. The Morgan fingerprint density at radius 3 is 2.12 bits per heavy atom. The summed E-state index contributed by atoms with van der Waals surface area (Å²) in [6, 6.07) is 8.72. The molecule has 2 aromatic rings. The third-order valence-electron chi connectivity index (χ3n) is 2.42. The highest BCUT2D eigenvalue weighted by molar-refractivity contribution is 5.69. The first-order valence-corrected chi connectivity index (χ1v) is 4.89. The van der Waals surface area contributed by atoms with Gasteiger partial charge in [-0.15, -0.1) is 0 Å². The molecule has 0 saturated carbocycles. The quantitative estimate of drug-likeness (QED) is 0.729. The Labute approximate surface area is 92.5 Å². The lowest BCUT2D eigenvalue weighted by molar-refractivity contribution is 0.584. The zero-order valence-electron chi connectivity index (χ0n) is 8.80. The van der Waals surface area contributed by atoms with Gasteiger partial charge in [0.1, 0.15) is 11.6 Å². The Kier molecular flexibility index (Phi) is 2.60. The van der Waals surface area contributed by atoms with Crippen molar-refractivity contribution in [3.05, 3.63) is 53.6 Å². The second-order valence-corrected chi connectivity index (χ2v) is 3.73. The molecule has 0 aromatic heterocycles. The number of benzene rings is 2. The molecule has 0 unspecified atom stereocenters. The maximum absolute atomic E-state index is 13.1. The van der Waals surface area contributed by atoms with Crippen molar-refractivity contribution in [3.63, 3.8) is 0 Å². The summed E-state index contributed by atoms with van der Waals surface area (Å²) < 4.78 is 26.1. The largest absolute Gasteiger partial charge is 0.399 e. The van der Waals surface area contributed by atoms with Crippen molar-refractivity contribution in [1.29, 1.82) is 0 Å². The van der Waals surface area contributed by atoms with E-state index in [0.29, 0.717) is 11.3 Å². The smallest absolute Gasteiger partial charge is 0.126 e.